The van der Waals surface area contributed by atoms with Crippen molar-refractivity contribution >= 4 is 23.9 Å². The molecule has 1 aliphatic rings. The molecule has 1 saturated heterocycles. The van der Waals surface area contributed by atoms with Gasteiger partial charge in [-0.2, -0.15) is 0 Å². The van der Waals surface area contributed by atoms with Crippen molar-refractivity contribution in [3.63, 3.8) is 0 Å². The minimum absolute atomic E-state index is 0.0105. The molecule has 5 N–H and O–H groups in total. The zero-order valence-corrected chi connectivity index (χ0v) is 35.2. The number of carbonyl (C=O) groups excluding carboxylic acids is 3. The van der Waals surface area contributed by atoms with Crippen LogP contribution in [-0.2, 0) is 22.6 Å². The Morgan fingerprint density at radius 3 is 2.08 bits per heavy atom. The second-order valence-electron chi connectivity index (χ2n) is 17.5. The fraction of sp³-hybridized carbons (Fsp3) is 0.435. The molecule has 5 atom stereocenters. The number of hydrogen-bond acceptors (Lipinski definition) is 7. The van der Waals surface area contributed by atoms with E-state index in [-0.39, 0.29) is 19.0 Å². The Labute approximate surface area is 347 Å². The van der Waals surface area contributed by atoms with Crippen LogP contribution in [0.25, 0.3) is 11.3 Å². The predicted molar refractivity (Wildman–Crippen MR) is 227 cm³/mol. The number of amides is 5. The maximum atomic E-state index is 14.8. The summed E-state index contributed by atoms with van der Waals surface area (Å²) in [6.45, 7) is 14.1. The zero-order chi connectivity index (χ0) is 42.9. The highest BCUT2D eigenvalue weighted by Gasteiger charge is 2.45. The molecule has 0 aliphatic carbocycles. The summed E-state index contributed by atoms with van der Waals surface area (Å²) < 4.78 is 0. The van der Waals surface area contributed by atoms with Gasteiger partial charge in [0.2, 0.25) is 11.8 Å². The molecule has 1 unspecified atom stereocenters. The van der Waals surface area contributed by atoms with Crippen molar-refractivity contribution in [1.29, 1.82) is 0 Å². The molecule has 5 rings (SSSR count). The summed E-state index contributed by atoms with van der Waals surface area (Å²) in [7, 11) is 0. The van der Waals surface area contributed by atoms with Crippen LogP contribution in [0.4, 0.5) is 9.59 Å². The number of hydrogen-bond donors (Lipinski definition) is 5. The number of rotatable bonds is 16. The van der Waals surface area contributed by atoms with E-state index in [1.165, 1.54) is 0 Å². The molecule has 0 bridgehead atoms. The summed E-state index contributed by atoms with van der Waals surface area (Å²) in [5.74, 6) is -1.36. The molecule has 314 valence electrons. The predicted octanol–water partition coefficient (Wildman–Crippen LogP) is 6.17. The third-order valence-electron chi connectivity index (χ3n) is 10.9. The van der Waals surface area contributed by atoms with Gasteiger partial charge in [0.05, 0.1) is 17.8 Å². The van der Waals surface area contributed by atoms with E-state index in [4.69, 9.17) is 0 Å². The maximum Gasteiger partial charge on any atom is 0.405 e. The van der Waals surface area contributed by atoms with Crippen LogP contribution in [0, 0.1) is 17.8 Å². The molecule has 2 aromatic heterocycles. The van der Waals surface area contributed by atoms with Gasteiger partial charge in [0, 0.05) is 55.7 Å². The third-order valence-corrected chi connectivity index (χ3v) is 10.9. The second kappa shape index (κ2) is 19.3. The molecule has 59 heavy (non-hydrogen) atoms. The Kier molecular flexibility index (Phi) is 14.5. The summed E-state index contributed by atoms with van der Waals surface area (Å²) in [6.07, 6.45) is 1.46. The van der Waals surface area contributed by atoms with Gasteiger partial charge in [-0.15, -0.1) is 0 Å². The SMILES string of the molecule is Cc1ncccc1CN1CCN([C@H](C(=O)N[C@@H](C(Cc2ccc(-c3ccccn3)cc2)c2ccccc2)[C@@H](O)CCNC(=O)[C@@H](NC(=O)O)C(C)(C)C)C(C)(C)C)C1=O. The highest BCUT2D eigenvalue weighted by atomic mass is 16.4. The number of urea groups is 1. The number of aliphatic hydroxyl groups excluding tert-OH is 1. The van der Waals surface area contributed by atoms with E-state index in [2.05, 4.69) is 25.9 Å². The normalized spacial score (nSPS) is 15.8. The quantitative estimate of drug-likeness (QED) is 0.0894. The van der Waals surface area contributed by atoms with Crippen LogP contribution in [-0.4, -0.2) is 97.8 Å². The highest BCUT2D eigenvalue weighted by Crippen LogP contribution is 2.32. The maximum absolute atomic E-state index is 14.8. The van der Waals surface area contributed by atoms with Crippen molar-refractivity contribution in [2.24, 2.45) is 10.8 Å². The summed E-state index contributed by atoms with van der Waals surface area (Å²) in [5, 5.41) is 29.9. The Morgan fingerprint density at radius 1 is 0.797 bits per heavy atom. The highest BCUT2D eigenvalue weighted by molar-refractivity contribution is 5.89. The molecular formula is C46H59N7O6. The largest absolute Gasteiger partial charge is 0.465 e. The Morgan fingerprint density at radius 2 is 1.47 bits per heavy atom. The van der Waals surface area contributed by atoms with Crippen LogP contribution in [0.3, 0.4) is 0 Å². The number of carbonyl (C=O) groups is 4. The van der Waals surface area contributed by atoms with Gasteiger partial charge in [-0.25, -0.2) is 9.59 Å². The molecule has 3 heterocycles. The Hall–Kier alpha value is -5.82. The molecule has 0 radical (unpaired) electrons. The van der Waals surface area contributed by atoms with E-state index < -0.39 is 58.9 Å². The lowest BCUT2D eigenvalue weighted by Gasteiger charge is -2.39. The van der Waals surface area contributed by atoms with Crippen molar-refractivity contribution in [2.75, 3.05) is 19.6 Å². The average Bonchev–Trinajstić information content (AvgIpc) is 3.53. The molecule has 1 fully saturated rings. The monoisotopic (exact) mass is 805 g/mol. The minimum Gasteiger partial charge on any atom is -0.465 e. The molecule has 2 aromatic carbocycles. The Balaban J connectivity index is 1.45. The van der Waals surface area contributed by atoms with E-state index in [1.807, 2.05) is 113 Å². The molecule has 13 nitrogen and oxygen atoms in total. The number of aromatic nitrogens is 2. The smallest absolute Gasteiger partial charge is 0.405 e. The van der Waals surface area contributed by atoms with Crippen molar-refractivity contribution < 1.29 is 29.4 Å². The van der Waals surface area contributed by atoms with Gasteiger partial charge in [-0.1, -0.05) is 108 Å². The molecule has 0 spiro atoms. The van der Waals surface area contributed by atoms with Crippen molar-refractivity contribution in [3.05, 3.63) is 120 Å². The van der Waals surface area contributed by atoms with Crippen LogP contribution in [0.5, 0.6) is 0 Å². The van der Waals surface area contributed by atoms with E-state index in [9.17, 15) is 29.4 Å². The summed E-state index contributed by atoms with van der Waals surface area (Å²) in [5.41, 5.74) is 4.00. The van der Waals surface area contributed by atoms with Crippen LogP contribution in [0.1, 0.15) is 76.3 Å². The van der Waals surface area contributed by atoms with Crippen molar-refractivity contribution in [2.45, 2.75) is 98.0 Å². The number of aryl methyl sites for hydroxylation is 1. The van der Waals surface area contributed by atoms with Crippen molar-refractivity contribution in [1.82, 2.24) is 35.7 Å². The van der Waals surface area contributed by atoms with Gasteiger partial charge in [-0.3, -0.25) is 19.6 Å². The first-order valence-electron chi connectivity index (χ1n) is 20.2. The van der Waals surface area contributed by atoms with Crippen LogP contribution >= 0.6 is 0 Å². The van der Waals surface area contributed by atoms with Gasteiger partial charge < -0.3 is 36.0 Å². The fourth-order valence-corrected chi connectivity index (χ4v) is 7.76. The Bertz CT molecular complexity index is 2030. The molecule has 4 aromatic rings. The fourth-order valence-electron chi connectivity index (χ4n) is 7.76. The lowest BCUT2D eigenvalue weighted by molar-refractivity contribution is -0.131. The van der Waals surface area contributed by atoms with E-state index >= 15 is 0 Å². The van der Waals surface area contributed by atoms with Crippen LogP contribution in [0.15, 0.2) is 97.3 Å². The number of carboxylic acid groups (broad SMARTS) is 1. The van der Waals surface area contributed by atoms with E-state index in [0.29, 0.717) is 26.1 Å². The number of benzene rings is 2. The van der Waals surface area contributed by atoms with Crippen molar-refractivity contribution in [3.8, 4) is 11.3 Å². The van der Waals surface area contributed by atoms with Crippen LogP contribution < -0.4 is 16.0 Å². The summed E-state index contributed by atoms with van der Waals surface area (Å²) >= 11 is 0. The number of aliphatic hydroxyl groups is 1. The second-order valence-corrected chi connectivity index (χ2v) is 17.5. The third kappa shape index (κ3) is 11.7. The van der Waals surface area contributed by atoms with E-state index in [0.717, 1.165) is 33.6 Å². The number of pyridine rings is 2. The number of nitrogens with zero attached hydrogens (tertiary/aromatic N) is 4. The lowest BCUT2D eigenvalue weighted by atomic mass is 9.81. The van der Waals surface area contributed by atoms with Gasteiger partial charge in [0.1, 0.15) is 12.1 Å². The molecule has 5 amide bonds. The molecule has 0 saturated carbocycles. The average molecular weight is 806 g/mol. The van der Waals surface area contributed by atoms with Gasteiger partial charge in [0.25, 0.3) is 0 Å². The summed E-state index contributed by atoms with van der Waals surface area (Å²) in [4.78, 5) is 65.9. The zero-order valence-electron chi connectivity index (χ0n) is 35.2. The standard InChI is InChI=1S/C46H59N7O6/c1-30-34(16-13-24-47-30)29-52-26-27-53(44(52)59)40(46(5,6)7)42(56)50-38(37(54)22-25-49-41(55)39(45(2,3)4)51-43(57)58)35(32-14-9-8-10-15-32)28-31-18-20-33(21-19-31)36-17-11-12-23-48-36/h8-21,23-24,35,37-40,51,54H,22,25-29H2,1-7H3,(H,49,55)(H,50,56)(H,57,58)/t35?,37-,38-,39+,40+/m0/s1. The lowest BCUT2D eigenvalue weighted by Crippen LogP contribution is -2.59. The first-order valence-corrected chi connectivity index (χ1v) is 20.2. The van der Waals surface area contributed by atoms with Crippen LogP contribution in [0.2, 0.25) is 0 Å². The molecular weight excluding hydrogens is 747 g/mol. The topological polar surface area (TPSA) is 177 Å². The van der Waals surface area contributed by atoms with Gasteiger partial charge in [0.15, 0.2) is 0 Å². The number of nitrogens with one attached hydrogen (secondary N) is 3. The van der Waals surface area contributed by atoms with Gasteiger partial charge in [-0.05, 0) is 65.5 Å². The first-order chi connectivity index (χ1) is 27.9. The van der Waals surface area contributed by atoms with Gasteiger partial charge >= 0.3 is 12.1 Å². The summed E-state index contributed by atoms with van der Waals surface area (Å²) in [6, 6.07) is 24.2. The molecule has 1 aliphatic heterocycles. The minimum atomic E-state index is -1.32. The van der Waals surface area contributed by atoms with E-state index in [1.54, 1.807) is 43.0 Å². The molecule has 13 heteroatoms. The first kappa shape index (κ1) is 44.3.